The van der Waals surface area contributed by atoms with Crippen molar-refractivity contribution in [3.8, 4) is 0 Å². The van der Waals surface area contributed by atoms with Crippen LogP contribution in [0.1, 0.15) is 29.5 Å². The van der Waals surface area contributed by atoms with Crippen LogP contribution in [0.5, 0.6) is 0 Å². The Bertz CT molecular complexity index is 741. The van der Waals surface area contributed by atoms with Gasteiger partial charge in [0.25, 0.3) is 0 Å². The van der Waals surface area contributed by atoms with Crippen LogP contribution in [0.15, 0.2) is 48.5 Å². The number of rotatable bonds is 3. The molecule has 3 rings (SSSR count). The molecule has 2 aromatic carbocycles. The summed E-state index contributed by atoms with van der Waals surface area (Å²) in [5.41, 5.74) is 2.06. The van der Waals surface area contributed by atoms with E-state index in [0.717, 1.165) is 37.1 Å². The lowest BCUT2D eigenvalue weighted by molar-refractivity contribution is -0.137. The molecule has 0 unspecified atom stereocenters. The maximum atomic E-state index is 12.0. The number of anilines is 1. The fourth-order valence-electron chi connectivity index (χ4n) is 2.74. The molecule has 1 aliphatic heterocycles. The topological polar surface area (TPSA) is 41.6 Å². The molecule has 1 fully saturated rings. The monoisotopic (exact) mass is 424 g/mol. The molecule has 1 heterocycles. The third kappa shape index (κ3) is 10.4. The third-order valence-electron chi connectivity index (χ3n) is 4.54. The number of aryl methyl sites for hydroxylation is 2. The lowest BCUT2D eigenvalue weighted by atomic mass is 10.1. The maximum Gasteiger partial charge on any atom is 0.416 e. The van der Waals surface area contributed by atoms with E-state index >= 15 is 0 Å². The van der Waals surface area contributed by atoms with E-state index in [1.54, 1.807) is 13.0 Å². The molecule has 0 spiro atoms. The van der Waals surface area contributed by atoms with E-state index in [1.165, 1.54) is 24.5 Å². The third-order valence-corrected chi connectivity index (χ3v) is 4.54. The van der Waals surface area contributed by atoms with Gasteiger partial charge in [0.1, 0.15) is 0 Å². The summed E-state index contributed by atoms with van der Waals surface area (Å²) in [6.07, 6.45) is -1.14. The van der Waals surface area contributed by atoms with Gasteiger partial charge in [0.15, 0.2) is 0 Å². The number of alkyl halides is 3. The van der Waals surface area contributed by atoms with Crippen molar-refractivity contribution in [2.24, 2.45) is 0 Å². The number of hydrogen-bond donors (Lipinski definition) is 1. The predicted octanol–water partition coefficient (Wildman–Crippen LogP) is 5.30. The van der Waals surface area contributed by atoms with Crippen molar-refractivity contribution < 1.29 is 22.7 Å². The number of carbonyl (C=O) groups excluding carboxylic acids is 1. The Morgan fingerprint density at radius 2 is 1.60 bits per heavy atom. The maximum absolute atomic E-state index is 12.0. The van der Waals surface area contributed by atoms with Crippen LogP contribution in [0.2, 0.25) is 0 Å². The van der Waals surface area contributed by atoms with Crippen LogP contribution in [-0.2, 0) is 15.7 Å². The average Bonchev–Trinajstić information content (AvgIpc) is 2.71. The van der Waals surface area contributed by atoms with Crippen LogP contribution in [0.4, 0.5) is 18.9 Å². The smallest absolute Gasteiger partial charge is 0.381 e. The van der Waals surface area contributed by atoms with Gasteiger partial charge < -0.3 is 15.0 Å². The minimum atomic E-state index is -4.22. The standard InChI is InChI=1S/C8H7F3.C8H9NO.C7H15NO/c1-6-3-2-4-7(5-6)8(9,10)11;1-7-2-4-8(5-3-7)9-6-10;1-8(2)7-3-5-9-6-4-7/h2-5H,1H3;2-6H,1H3,(H,9,10);7H,3-6H2,1-2H3. The van der Waals surface area contributed by atoms with Crippen molar-refractivity contribution in [1.82, 2.24) is 4.90 Å². The number of benzene rings is 2. The molecule has 1 aliphatic rings. The molecule has 1 amide bonds. The second kappa shape index (κ2) is 13.0. The van der Waals surface area contributed by atoms with Gasteiger partial charge in [0.2, 0.25) is 6.41 Å². The van der Waals surface area contributed by atoms with E-state index < -0.39 is 11.7 Å². The molecule has 0 bridgehead atoms. The molecule has 1 N–H and O–H groups in total. The summed E-state index contributed by atoms with van der Waals surface area (Å²) in [7, 11) is 4.27. The highest BCUT2D eigenvalue weighted by Crippen LogP contribution is 2.29. The van der Waals surface area contributed by atoms with E-state index in [0.29, 0.717) is 12.0 Å². The van der Waals surface area contributed by atoms with Crippen molar-refractivity contribution in [2.45, 2.75) is 38.9 Å². The molecular weight excluding hydrogens is 393 g/mol. The Morgan fingerprint density at radius 1 is 1.00 bits per heavy atom. The molecular formula is C23H31F3N2O2. The largest absolute Gasteiger partial charge is 0.416 e. The van der Waals surface area contributed by atoms with Crippen molar-refractivity contribution >= 4 is 12.1 Å². The zero-order valence-corrected chi connectivity index (χ0v) is 18.0. The molecule has 0 atom stereocenters. The summed E-state index contributed by atoms with van der Waals surface area (Å²) in [4.78, 5) is 12.2. The van der Waals surface area contributed by atoms with Gasteiger partial charge in [-0.3, -0.25) is 4.79 Å². The van der Waals surface area contributed by atoms with E-state index in [-0.39, 0.29) is 0 Å². The second-order valence-corrected chi connectivity index (χ2v) is 7.30. The highest BCUT2D eigenvalue weighted by Gasteiger charge is 2.29. The Balaban J connectivity index is 0.000000226. The fourth-order valence-corrected chi connectivity index (χ4v) is 2.74. The van der Waals surface area contributed by atoms with E-state index in [4.69, 9.17) is 4.74 Å². The predicted molar refractivity (Wildman–Crippen MR) is 115 cm³/mol. The Kier molecular flexibility index (Phi) is 11.1. The Hall–Kier alpha value is -2.38. The lowest BCUT2D eigenvalue weighted by Gasteiger charge is -2.27. The summed E-state index contributed by atoms with van der Waals surface area (Å²) < 4.78 is 41.1. The number of nitrogens with one attached hydrogen (secondary N) is 1. The van der Waals surface area contributed by atoms with Gasteiger partial charge in [-0.1, -0.05) is 41.5 Å². The first kappa shape index (κ1) is 25.7. The number of amides is 1. The average molecular weight is 425 g/mol. The van der Waals surface area contributed by atoms with Crippen molar-refractivity contribution in [3.05, 3.63) is 65.2 Å². The van der Waals surface area contributed by atoms with Gasteiger partial charge >= 0.3 is 6.18 Å². The van der Waals surface area contributed by atoms with Crippen LogP contribution in [0.3, 0.4) is 0 Å². The SMILES string of the molecule is CN(C)C1CCOCC1.Cc1ccc(NC=O)cc1.Cc1cccc(C(F)(F)F)c1. The first-order chi connectivity index (χ1) is 14.1. The molecule has 0 aromatic heterocycles. The zero-order valence-electron chi connectivity index (χ0n) is 18.0. The number of hydrogen-bond acceptors (Lipinski definition) is 3. The van der Waals surface area contributed by atoms with E-state index in [2.05, 4.69) is 24.3 Å². The molecule has 166 valence electrons. The van der Waals surface area contributed by atoms with Crippen LogP contribution in [-0.4, -0.2) is 44.7 Å². The molecule has 0 radical (unpaired) electrons. The number of ether oxygens (including phenoxy) is 1. The van der Waals surface area contributed by atoms with Crippen molar-refractivity contribution in [3.63, 3.8) is 0 Å². The van der Waals surface area contributed by atoms with E-state index in [9.17, 15) is 18.0 Å². The van der Waals surface area contributed by atoms with Gasteiger partial charge in [0.05, 0.1) is 5.56 Å². The summed E-state index contributed by atoms with van der Waals surface area (Å²) in [6.45, 7) is 5.53. The highest BCUT2D eigenvalue weighted by atomic mass is 19.4. The summed E-state index contributed by atoms with van der Waals surface area (Å²) in [6, 6.07) is 13.6. The zero-order chi connectivity index (χ0) is 22.6. The molecule has 1 saturated heterocycles. The lowest BCUT2D eigenvalue weighted by Crippen LogP contribution is -2.33. The quantitative estimate of drug-likeness (QED) is 0.680. The van der Waals surface area contributed by atoms with Crippen LogP contribution in [0.25, 0.3) is 0 Å². The van der Waals surface area contributed by atoms with Gasteiger partial charge in [-0.2, -0.15) is 13.2 Å². The van der Waals surface area contributed by atoms with Gasteiger partial charge in [-0.25, -0.2) is 0 Å². The Morgan fingerprint density at radius 3 is 2.00 bits per heavy atom. The second-order valence-electron chi connectivity index (χ2n) is 7.30. The summed E-state index contributed by atoms with van der Waals surface area (Å²) >= 11 is 0. The number of carbonyl (C=O) groups is 1. The summed E-state index contributed by atoms with van der Waals surface area (Å²) in [5.74, 6) is 0. The summed E-state index contributed by atoms with van der Waals surface area (Å²) in [5, 5.41) is 2.55. The molecule has 30 heavy (non-hydrogen) atoms. The van der Waals surface area contributed by atoms with Crippen molar-refractivity contribution in [1.29, 1.82) is 0 Å². The normalized spacial score (nSPS) is 14.1. The highest BCUT2D eigenvalue weighted by molar-refractivity contribution is 5.70. The first-order valence-corrected chi connectivity index (χ1v) is 9.78. The van der Waals surface area contributed by atoms with Crippen LogP contribution in [0, 0.1) is 13.8 Å². The Labute approximate surface area is 177 Å². The molecule has 2 aromatic rings. The minimum Gasteiger partial charge on any atom is -0.381 e. The molecule has 0 saturated carbocycles. The molecule has 7 heteroatoms. The van der Waals surface area contributed by atoms with Gasteiger partial charge in [-0.15, -0.1) is 0 Å². The number of halogens is 3. The van der Waals surface area contributed by atoms with Crippen LogP contribution < -0.4 is 5.32 Å². The number of nitrogens with zero attached hydrogens (tertiary/aromatic N) is 1. The van der Waals surface area contributed by atoms with Gasteiger partial charge in [0, 0.05) is 24.9 Å². The molecule has 0 aliphatic carbocycles. The molecule has 4 nitrogen and oxygen atoms in total. The van der Waals surface area contributed by atoms with Crippen molar-refractivity contribution in [2.75, 3.05) is 32.6 Å². The fraction of sp³-hybridized carbons (Fsp3) is 0.435. The minimum absolute atomic E-state index is 0.586. The van der Waals surface area contributed by atoms with E-state index in [1.807, 2.05) is 31.2 Å². The van der Waals surface area contributed by atoms with Crippen LogP contribution >= 0.6 is 0 Å². The first-order valence-electron chi connectivity index (χ1n) is 9.78. The van der Waals surface area contributed by atoms with Gasteiger partial charge in [-0.05, 0) is 59.0 Å².